The van der Waals surface area contributed by atoms with E-state index in [4.69, 9.17) is 21.3 Å². The van der Waals surface area contributed by atoms with Crippen LogP contribution in [0, 0.1) is 12.8 Å². The van der Waals surface area contributed by atoms with Crippen LogP contribution < -0.4 is 10.2 Å². The molecular weight excluding hydrogens is 428 g/mol. The number of carbonyl (C=O) groups excluding carboxylic acids is 2. The summed E-state index contributed by atoms with van der Waals surface area (Å²) >= 11 is 6.00. The molecule has 2 heterocycles. The third kappa shape index (κ3) is 4.72. The van der Waals surface area contributed by atoms with Crippen LogP contribution in [0.3, 0.4) is 0 Å². The lowest BCUT2D eigenvalue weighted by molar-refractivity contribution is -0.153. The molecule has 1 N–H and O–H groups in total. The fraction of sp³-hybridized carbons (Fsp3) is 0.375. The van der Waals surface area contributed by atoms with Gasteiger partial charge in [-0.1, -0.05) is 41.4 Å². The van der Waals surface area contributed by atoms with E-state index in [0.29, 0.717) is 24.1 Å². The van der Waals surface area contributed by atoms with Crippen molar-refractivity contribution in [1.29, 1.82) is 0 Å². The summed E-state index contributed by atoms with van der Waals surface area (Å²) < 4.78 is 5.18. The number of rotatable bonds is 4. The van der Waals surface area contributed by atoms with Gasteiger partial charge in [0.2, 0.25) is 11.9 Å². The fourth-order valence-corrected chi connectivity index (χ4v) is 4.18. The summed E-state index contributed by atoms with van der Waals surface area (Å²) in [6.07, 6.45) is 0. The zero-order chi connectivity index (χ0) is 22.7. The molecule has 168 valence electrons. The smallest absolute Gasteiger partial charge is 0.321 e. The summed E-state index contributed by atoms with van der Waals surface area (Å²) in [5, 5.41) is 3.56. The Hall–Kier alpha value is -3.06. The first-order chi connectivity index (χ1) is 15.5. The van der Waals surface area contributed by atoms with E-state index in [9.17, 15) is 9.59 Å². The molecule has 4 rings (SSSR count). The van der Waals surface area contributed by atoms with Crippen molar-refractivity contribution in [2.24, 2.45) is 10.9 Å². The van der Waals surface area contributed by atoms with Crippen molar-refractivity contribution in [2.45, 2.75) is 19.9 Å². The molecule has 0 unspecified atom stereocenters. The summed E-state index contributed by atoms with van der Waals surface area (Å²) in [5.74, 6) is -1.42. The lowest BCUT2D eigenvalue weighted by Gasteiger charge is -2.39. The summed E-state index contributed by atoms with van der Waals surface area (Å²) in [6.45, 7) is 6.91. The molecule has 0 spiro atoms. The molecule has 2 aliphatic heterocycles. The first-order valence-corrected chi connectivity index (χ1v) is 11.2. The normalized spacial score (nSPS) is 21.1. The molecule has 2 aromatic carbocycles. The first kappa shape index (κ1) is 22.1. The van der Waals surface area contributed by atoms with E-state index >= 15 is 0 Å². The van der Waals surface area contributed by atoms with E-state index < -0.39 is 17.9 Å². The number of amides is 1. The molecule has 0 aliphatic carbocycles. The number of aliphatic imine (C=N–C) groups is 1. The molecule has 0 aromatic heterocycles. The zero-order valence-electron chi connectivity index (χ0n) is 18.3. The Morgan fingerprint density at radius 3 is 2.31 bits per heavy atom. The Kier molecular flexibility index (Phi) is 6.65. The minimum absolute atomic E-state index is 0.215. The van der Waals surface area contributed by atoms with Crippen molar-refractivity contribution in [3.8, 4) is 0 Å². The van der Waals surface area contributed by atoms with Crippen LogP contribution in [0.5, 0.6) is 0 Å². The van der Waals surface area contributed by atoms with Gasteiger partial charge in [0.25, 0.3) is 0 Å². The van der Waals surface area contributed by atoms with Crippen LogP contribution in [-0.2, 0) is 14.3 Å². The van der Waals surface area contributed by atoms with Gasteiger partial charge in [-0.05, 0) is 43.7 Å². The van der Waals surface area contributed by atoms with Crippen LogP contribution in [0.25, 0.3) is 0 Å². The van der Waals surface area contributed by atoms with Crippen molar-refractivity contribution in [1.82, 2.24) is 10.2 Å². The second-order valence-corrected chi connectivity index (χ2v) is 8.41. The number of hydrogen-bond donors (Lipinski definition) is 1. The average molecular weight is 455 g/mol. The maximum Gasteiger partial charge on any atom is 0.321 e. The highest BCUT2D eigenvalue weighted by atomic mass is 35.5. The van der Waals surface area contributed by atoms with E-state index in [2.05, 4.69) is 15.1 Å². The molecule has 0 bridgehead atoms. The summed E-state index contributed by atoms with van der Waals surface area (Å²) in [4.78, 5) is 34.7. The number of nitrogens with one attached hydrogen (secondary N) is 1. The predicted molar refractivity (Wildman–Crippen MR) is 125 cm³/mol. The molecule has 7 nitrogen and oxygen atoms in total. The van der Waals surface area contributed by atoms with Crippen LogP contribution in [-0.4, -0.2) is 55.5 Å². The largest absolute Gasteiger partial charge is 0.465 e. The Morgan fingerprint density at radius 1 is 1.06 bits per heavy atom. The number of benzene rings is 2. The Labute approximate surface area is 193 Å². The van der Waals surface area contributed by atoms with Crippen LogP contribution in [0.1, 0.15) is 24.1 Å². The quantitative estimate of drug-likeness (QED) is 0.567. The standard InChI is InChI=1S/C24H27ClN4O3/c1-3-32-23(31)20-21(17-6-4-16(2)5-7-17)26-24(27-22(20)30)29-14-12-28(13-15-29)19-10-8-18(25)9-11-19/h4-11,20-21H,3,12-15H2,1-2H3,(H,26,27,30)/t20-,21+/m0/s1. The van der Waals surface area contributed by atoms with Crippen molar-refractivity contribution < 1.29 is 14.3 Å². The Bertz CT molecular complexity index is 999. The lowest BCUT2D eigenvalue weighted by Crippen LogP contribution is -2.57. The van der Waals surface area contributed by atoms with Crippen molar-refractivity contribution in [3.05, 3.63) is 64.7 Å². The molecule has 1 fully saturated rings. The number of ether oxygens (including phenoxy) is 1. The van der Waals surface area contributed by atoms with Gasteiger partial charge < -0.3 is 14.5 Å². The highest BCUT2D eigenvalue weighted by Gasteiger charge is 2.42. The highest BCUT2D eigenvalue weighted by Crippen LogP contribution is 2.31. The minimum atomic E-state index is -1.00. The zero-order valence-corrected chi connectivity index (χ0v) is 19.0. The van der Waals surface area contributed by atoms with Gasteiger partial charge >= 0.3 is 5.97 Å². The van der Waals surface area contributed by atoms with Crippen molar-refractivity contribution >= 4 is 35.1 Å². The molecule has 32 heavy (non-hydrogen) atoms. The Morgan fingerprint density at radius 2 is 1.69 bits per heavy atom. The number of aryl methyl sites for hydroxylation is 1. The van der Waals surface area contributed by atoms with Crippen molar-refractivity contribution in [2.75, 3.05) is 37.7 Å². The number of hydrogen-bond acceptors (Lipinski definition) is 6. The lowest BCUT2D eigenvalue weighted by atomic mass is 9.91. The minimum Gasteiger partial charge on any atom is -0.465 e. The topological polar surface area (TPSA) is 74.2 Å². The molecule has 2 aromatic rings. The number of carbonyl (C=O) groups is 2. The van der Waals surface area contributed by atoms with Gasteiger partial charge in [-0.3, -0.25) is 14.9 Å². The molecule has 2 aliphatic rings. The van der Waals surface area contributed by atoms with E-state index in [0.717, 1.165) is 29.9 Å². The molecule has 0 radical (unpaired) electrons. The SMILES string of the molecule is CCOC(=O)[C@@H]1C(=O)NC(N2CCN(c3ccc(Cl)cc3)CC2)=N[C@@H]1c1ccc(C)cc1. The van der Waals surface area contributed by atoms with E-state index in [1.54, 1.807) is 6.92 Å². The second kappa shape index (κ2) is 9.61. The predicted octanol–water partition coefficient (Wildman–Crippen LogP) is 3.18. The van der Waals surface area contributed by atoms with E-state index in [1.807, 2.05) is 55.5 Å². The van der Waals surface area contributed by atoms with Crippen LogP contribution in [0.2, 0.25) is 5.02 Å². The molecule has 1 saturated heterocycles. The van der Waals surface area contributed by atoms with Crippen LogP contribution in [0.15, 0.2) is 53.5 Å². The molecule has 2 atom stereocenters. The summed E-state index contributed by atoms with van der Waals surface area (Å²) in [5.41, 5.74) is 3.04. The Balaban J connectivity index is 1.55. The van der Waals surface area contributed by atoms with Gasteiger partial charge in [-0.15, -0.1) is 0 Å². The van der Waals surface area contributed by atoms with Gasteiger partial charge in [0.15, 0.2) is 5.92 Å². The molecule has 0 saturated carbocycles. The molecule has 1 amide bonds. The van der Waals surface area contributed by atoms with E-state index in [1.165, 1.54) is 0 Å². The third-order valence-corrected chi connectivity index (χ3v) is 6.08. The number of esters is 1. The first-order valence-electron chi connectivity index (χ1n) is 10.8. The van der Waals surface area contributed by atoms with Gasteiger partial charge in [-0.25, -0.2) is 4.99 Å². The van der Waals surface area contributed by atoms with Gasteiger partial charge in [0.1, 0.15) is 6.04 Å². The van der Waals surface area contributed by atoms with Gasteiger partial charge in [-0.2, -0.15) is 0 Å². The number of halogens is 1. The van der Waals surface area contributed by atoms with Crippen LogP contribution >= 0.6 is 11.6 Å². The maximum absolute atomic E-state index is 13.0. The third-order valence-electron chi connectivity index (χ3n) is 5.82. The molecule has 8 heteroatoms. The fourth-order valence-electron chi connectivity index (χ4n) is 4.06. The van der Waals surface area contributed by atoms with Gasteiger partial charge in [0, 0.05) is 36.9 Å². The summed E-state index contributed by atoms with van der Waals surface area (Å²) in [6, 6.07) is 14.9. The summed E-state index contributed by atoms with van der Waals surface area (Å²) in [7, 11) is 0. The average Bonchev–Trinajstić information content (AvgIpc) is 2.80. The highest BCUT2D eigenvalue weighted by molar-refractivity contribution is 6.30. The number of piperazine rings is 1. The second-order valence-electron chi connectivity index (χ2n) is 7.98. The number of guanidine groups is 1. The maximum atomic E-state index is 13.0. The monoisotopic (exact) mass is 454 g/mol. The van der Waals surface area contributed by atoms with Crippen LogP contribution in [0.4, 0.5) is 5.69 Å². The molecular formula is C24H27ClN4O3. The van der Waals surface area contributed by atoms with E-state index in [-0.39, 0.29) is 12.5 Å². The number of anilines is 1. The van der Waals surface area contributed by atoms with Crippen molar-refractivity contribution in [3.63, 3.8) is 0 Å². The van der Waals surface area contributed by atoms with Gasteiger partial charge in [0.05, 0.1) is 6.61 Å². The number of nitrogens with zero attached hydrogens (tertiary/aromatic N) is 3.